The van der Waals surface area contributed by atoms with Gasteiger partial charge in [-0.3, -0.25) is 0 Å². The van der Waals surface area contributed by atoms with Crippen LogP contribution in [0.5, 0.6) is 0 Å². The SMILES string of the molecule is OCCC#Cc1cc(F)ccc1CSCc1ccccc1. The zero-order valence-corrected chi connectivity index (χ0v) is 12.5. The monoisotopic (exact) mass is 300 g/mol. The lowest BCUT2D eigenvalue weighted by molar-refractivity contribution is 0.305. The molecule has 2 aromatic rings. The van der Waals surface area contributed by atoms with Gasteiger partial charge in [0.1, 0.15) is 5.82 Å². The number of aliphatic hydroxyl groups is 1. The van der Waals surface area contributed by atoms with Crippen molar-refractivity contribution >= 4 is 11.8 Å². The van der Waals surface area contributed by atoms with Crippen LogP contribution in [0.1, 0.15) is 23.1 Å². The van der Waals surface area contributed by atoms with E-state index >= 15 is 0 Å². The van der Waals surface area contributed by atoms with Crippen LogP contribution in [0.15, 0.2) is 48.5 Å². The second-order valence-corrected chi connectivity index (χ2v) is 5.54. The fraction of sp³-hybridized carbons (Fsp3) is 0.222. The standard InChI is InChI=1S/C18H17FOS/c19-18-10-9-17(16(12-18)8-4-5-11-20)14-21-13-15-6-2-1-3-7-15/h1-3,6-7,9-10,12,20H,5,11,13-14H2. The number of halogens is 1. The molecule has 1 N–H and O–H groups in total. The smallest absolute Gasteiger partial charge is 0.124 e. The average Bonchev–Trinajstić information content (AvgIpc) is 2.51. The van der Waals surface area contributed by atoms with Crippen molar-refractivity contribution in [3.63, 3.8) is 0 Å². The van der Waals surface area contributed by atoms with E-state index in [0.29, 0.717) is 12.0 Å². The highest BCUT2D eigenvalue weighted by Gasteiger charge is 2.03. The minimum Gasteiger partial charge on any atom is -0.395 e. The molecule has 0 atom stereocenters. The molecule has 0 fully saturated rings. The number of aliphatic hydroxyl groups excluding tert-OH is 1. The predicted molar refractivity (Wildman–Crippen MR) is 86.4 cm³/mol. The minimum absolute atomic E-state index is 0.0282. The van der Waals surface area contributed by atoms with Crippen molar-refractivity contribution in [3.05, 3.63) is 71.0 Å². The molecule has 0 heterocycles. The second kappa shape index (κ2) is 8.51. The Morgan fingerprint density at radius 1 is 1.05 bits per heavy atom. The zero-order valence-electron chi connectivity index (χ0n) is 11.7. The molecule has 21 heavy (non-hydrogen) atoms. The maximum atomic E-state index is 13.3. The molecule has 3 heteroatoms. The molecule has 0 aromatic heterocycles. The topological polar surface area (TPSA) is 20.2 Å². The van der Waals surface area contributed by atoms with Gasteiger partial charge in [0.2, 0.25) is 0 Å². The van der Waals surface area contributed by atoms with Gasteiger partial charge in [-0.1, -0.05) is 48.2 Å². The van der Waals surface area contributed by atoms with Gasteiger partial charge in [0.05, 0.1) is 6.61 Å². The Morgan fingerprint density at radius 3 is 2.62 bits per heavy atom. The lowest BCUT2D eigenvalue weighted by Gasteiger charge is -2.05. The van der Waals surface area contributed by atoms with E-state index in [0.717, 1.165) is 17.1 Å². The van der Waals surface area contributed by atoms with Crippen LogP contribution in [-0.2, 0) is 11.5 Å². The Labute approximate surface area is 129 Å². The van der Waals surface area contributed by atoms with Crippen LogP contribution in [-0.4, -0.2) is 11.7 Å². The van der Waals surface area contributed by atoms with Gasteiger partial charge in [-0.05, 0) is 23.3 Å². The summed E-state index contributed by atoms with van der Waals surface area (Å²) in [6.45, 7) is 0.0282. The number of hydrogen-bond acceptors (Lipinski definition) is 2. The molecule has 0 amide bonds. The van der Waals surface area contributed by atoms with Gasteiger partial charge >= 0.3 is 0 Å². The van der Waals surface area contributed by atoms with E-state index in [2.05, 4.69) is 24.0 Å². The molecular formula is C18H17FOS. The van der Waals surface area contributed by atoms with Gasteiger partial charge in [-0.25, -0.2) is 4.39 Å². The molecule has 108 valence electrons. The van der Waals surface area contributed by atoms with Gasteiger partial charge in [0.25, 0.3) is 0 Å². The zero-order chi connectivity index (χ0) is 14.9. The summed E-state index contributed by atoms with van der Waals surface area (Å²) in [4.78, 5) is 0. The Hall–Kier alpha value is -1.76. The third-order valence-electron chi connectivity index (χ3n) is 2.90. The van der Waals surface area contributed by atoms with Crippen molar-refractivity contribution in [1.29, 1.82) is 0 Å². The fourth-order valence-corrected chi connectivity index (χ4v) is 2.86. The average molecular weight is 300 g/mol. The van der Waals surface area contributed by atoms with Crippen LogP contribution < -0.4 is 0 Å². The van der Waals surface area contributed by atoms with Gasteiger partial charge in [-0.2, -0.15) is 11.8 Å². The van der Waals surface area contributed by atoms with E-state index < -0.39 is 0 Å². The minimum atomic E-state index is -0.278. The van der Waals surface area contributed by atoms with Crippen molar-refractivity contribution in [3.8, 4) is 11.8 Å². The van der Waals surface area contributed by atoms with Crippen LogP contribution >= 0.6 is 11.8 Å². The molecule has 0 aliphatic carbocycles. The maximum Gasteiger partial charge on any atom is 0.124 e. The Kier molecular flexibility index (Phi) is 6.33. The molecule has 0 saturated carbocycles. The maximum absolute atomic E-state index is 13.3. The second-order valence-electron chi connectivity index (χ2n) is 4.56. The summed E-state index contributed by atoms with van der Waals surface area (Å²) in [5, 5.41) is 8.75. The van der Waals surface area contributed by atoms with Crippen molar-refractivity contribution < 1.29 is 9.50 Å². The van der Waals surface area contributed by atoms with Gasteiger partial charge < -0.3 is 5.11 Å². The molecule has 0 aliphatic heterocycles. The van der Waals surface area contributed by atoms with Gasteiger partial charge in [0, 0.05) is 23.5 Å². The third-order valence-corrected chi connectivity index (χ3v) is 3.95. The summed E-state index contributed by atoms with van der Waals surface area (Å²) < 4.78 is 13.3. The molecule has 0 radical (unpaired) electrons. The summed E-state index contributed by atoms with van der Waals surface area (Å²) in [5.74, 6) is 7.22. The van der Waals surface area contributed by atoms with E-state index in [1.807, 2.05) is 18.2 Å². The summed E-state index contributed by atoms with van der Waals surface area (Å²) in [6.07, 6.45) is 0.410. The Morgan fingerprint density at radius 2 is 1.86 bits per heavy atom. The molecule has 2 rings (SSSR count). The first-order valence-corrected chi connectivity index (χ1v) is 7.95. The summed E-state index contributed by atoms with van der Waals surface area (Å²) >= 11 is 1.78. The number of hydrogen-bond donors (Lipinski definition) is 1. The Bertz CT molecular complexity index is 629. The predicted octanol–water partition coefficient (Wildman–Crippen LogP) is 3.99. The van der Waals surface area contributed by atoms with E-state index in [1.54, 1.807) is 17.8 Å². The van der Waals surface area contributed by atoms with Crippen LogP contribution in [0, 0.1) is 17.7 Å². The van der Waals surface area contributed by atoms with Gasteiger partial charge in [-0.15, -0.1) is 0 Å². The van der Waals surface area contributed by atoms with E-state index in [1.165, 1.54) is 17.7 Å². The molecule has 2 aromatic carbocycles. The number of rotatable bonds is 5. The largest absolute Gasteiger partial charge is 0.395 e. The van der Waals surface area contributed by atoms with Crippen molar-refractivity contribution in [2.24, 2.45) is 0 Å². The molecule has 0 aliphatic rings. The summed E-state index contributed by atoms with van der Waals surface area (Å²) in [6, 6.07) is 15.0. The lowest BCUT2D eigenvalue weighted by atomic mass is 10.1. The molecule has 0 unspecified atom stereocenters. The van der Waals surface area contributed by atoms with Gasteiger partial charge in [0.15, 0.2) is 0 Å². The number of thioether (sulfide) groups is 1. The Balaban J connectivity index is 2.01. The van der Waals surface area contributed by atoms with Crippen LogP contribution in [0.2, 0.25) is 0 Å². The number of benzene rings is 2. The van der Waals surface area contributed by atoms with E-state index in [4.69, 9.17) is 5.11 Å². The first-order chi connectivity index (χ1) is 10.3. The lowest BCUT2D eigenvalue weighted by Crippen LogP contribution is -1.91. The quantitative estimate of drug-likeness (QED) is 0.843. The molecule has 1 nitrogen and oxygen atoms in total. The van der Waals surface area contributed by atoms with Crippen LogP contribution in [0.25, 0.3) is 0 Å². The highest BCUT2D eigenvalue weighted by molar-refractivity contribution is 7.97. The first-order valence-electron chi connectivity index (χ1n) is 6.79. The molecule has 0 saturated heterocycles. The van der Waals surface area contributed by atoms with Crippen molar-refractivity contribution in [1.82, 2.24) is 0 Å². The van der Waals surface area contributed by atoms with Crippen molar-refractivity contribution in [2.45, 2.75) is 17.9 Å². The molecular weight excluding hydrogens is 283 g/mol. The third kappa shape index (κ3) is 5.26. The summed E-state index contributed by atoms with van der Waals surface area (Å²) in [5.41, 5.74) is 3.02. The molecule has 0 bridgehead atoms. The normalized spacial score (nSPS) is 10.0. The van der Waals surface area contributed by atoms with E-state index in [-0.39, 0.29) is 12.4 Å². The van der Waals surface area contributed by atoms with Crippen LogP contribution in [0.4, 0.5) is 4.39 Å². The van der Waals surface area contributed by atoms with Crippen molar-refractivity contribution in [2.75, 3.05) is 6.61 Å². The highest BCUT2D eigenvalue weighted by atomic mass is 32.2. The molecule has 0 spiro atoms. The summed E-state index contributed by atoms with van der Waals surface area (Å²) in [7, 11) is 0. The van der Waals surface area contributed by atoms with E-state index in [9.17, 15) is 4.39 Å². The van der Waals surface area contributed by atoms with Crippen LogP contribution in [0.3, 0.4) is 0 Å². The fourth-order valence-electron chi connectivity index (χ4n) is 1.86. The first kappa shape index (κ1) is 15.6. The highest BCUT2D eigenvalue weighted by Crippen LogP contribution is 2.20.